The molecule has 2 aromatic carbocycles. The molecule has 1 heterocycles. The highest BCUT2D eigenvalue weighted by Gasteiger charge is 2.11. The largest absolute Gasteiger partial charge is 0.380 e. The number of halogens is 1. The molecule has 2 aromatic rings. The third-order valence-corrected chi connectivity index (χ3v) is 2.46. The van der Waals surface area contributed by atoms with Crippen LogP contribution in [0.2, 0.25) is 0 Å². The average molecular weight is 192 g/mol. The Balaban J connectivity index is 0.000000653. The highest BCUT2D eigenvalue weighted by atomic mass is 35.5. The van der Waals surface area contributed by atoms with E-state index in [1.165, 1.54) is 22.0 Å². The Morgan fingerprint density at radius 3 is 2.62 bits per heavy atom. The van der Waals surface area contributed by atoms with Crippen LogP contribution in [0.25, 0.3) is 10.8 Å². The van der Waals surface area contributed by atoms with E-state index in [4.69, 9.17) is 0 Å². The molecule has 0 unspecified atom stereocenters. The minimum Gasteiger partial charge on any atom is -0.380 e. The lowest BCUT2D eigenvalue weighted by atomic mass is 10.1. The first-order chi connectivity index (χ1) is 5.95. The lowest BCUT2D eigenvalue weighted by molar-refractivity contribution is 1.22. The van der Waals surface area contributed by atoms with Crippen LogP contribution in [0.3, 0.4) is 0 Å². The highest BCUT2D eigenvalue weighted by molar-refractivity contribution is 5.98. The maximum Gasteiger partial charge on any atom is 0.0426 e. The number of hydrogen-bond donors (Lipinski definition) is 1. The third kappa shape index (κ3) is 1.08. The smallest absolute Gasteiger partial charge is 0.0426 e. The fraction of sp³-hybridized carbons (Fsp3) is 0.0909. The van der Waals surface area contributed by atoms with Crippen LogP contribution >= 0.6 is 12.4 Å². The summed E-state index contributed by atoms with van der Waals surface area (Å²) in [5.74, 6) is 0. The van der Waals surface area contributed by atoms with Crippen LogP contribution in [0, 0.1) is 0 Å². The molecule has 1 aliphatic heterocycles. The quantitative estimate of drug-likeness (QED) is 0.675. The zero-order valence-corrected chi connectivity index (χ0v) is 7.90. The lowest BCUT2D eigenvalue weighted by Gasteiger charge is -1.98. The summed E-state index contributed by atoms with van der Waals surface area (Å²) in [5.41, 5.74) is 2.70. The van der Waals surface area contributed by atoms with Gasteiger partial charge in [-0.3, -0.25) is 0 Å². The maximum absolute atomic E-state index is 3.37. The van der Waals surface area contributed by atoms with Crippen LogP contribution < -0.4 is 5.32 Å². The van der Waals surface area contributed by atoms with Crippen LogP contribution in [0.1, 0.15) is 5.56 Å². The molecule has 2 heteroatoms. The minimum absolute atomic E-state index is 0. The van der Waals surface area contributed by atoms with Crippen molar-refractivity contribution in [3.8, 4) is 0 Å². The van der Waals surface area contributed by atoms with Crippen molar-refractivity contribution in [2.24, 2.45) is 0 Å². The Bertz CT molecular complexity index is 412. The van der Waals surface area contributed by atoms with Crippen LogP contribution in [-0.4, -0.2) is 0 Å². The molecule has 0 atom stereocenters. The molecule has 0 spiro atoms. The van der Waals surface area contributed by atoms with Crippen molar-refractivity contribution in [3.05, 3.63) is 42.0 Å². The zero-order valence-electron chi connectivity index (χ0n) is 7.08. The Morgan fingerprint density at radius 1 is 1.00 bits per heavy atom. The summed E-state index contributed by atoms with van der Waals surface area (Å²) in [5, 5.41) is 6.12. The molecule has 0 fully saturated rings. The highest BCUT2D eigenvalue weighted by Crippen LogP contribution is 2.32. The van der Waals surface area contributed by atoms with Crippen molar-refractivity contribution in [2.75, 3.05) is 5.32 Å². The molecule has 1 N–H and O–H groups in total. The van der Waals surface area contributed by atoms with E-state index in [0.717, 1.165) is 6.54 Å². The first kappa shape index (κ1) is 8.39. The topological polar surface area (TPSA) is 12.0 Å². The van der Waals surface area contributed by atoms with Crippen molar-refractivity contribution in [1.82, 2.24) is 0 Å². The summed E-state index contributed by atoms with van der Waals surface area (Å²) in [4.78, 5) is 0. The number of benzene rings is 2. The van der Waals surface area contributed by atoms with Gasteiger partial charge in [-0.2, -0.15) is 0 Å². The number of hydrogen-bond acceptors (Lipinski definition) is 1. The Hall–Kier alpha value is -1.21. The van der Waals surface area contributed by atoms with E-state index >= 15 is 0 Å². The van der Waals surface area contributed by atoms with Crippen molar-refractivity contribution in [3.63, 3.8) is 0 Å². The molecular weight excluding hydrogens is 182 g/mol. The molecule has 13 heavy (non-hydrogen) atoms. The summed E-state index contributed by atoms with van der Waals surface area (Å²) in [6, 6.07) is 12.9. The Morgan fingerprint density at radius 2 is 1.77 bits per heavy atom. The monoisotopic (exact) mass is 191 g/mol. The molecule has 1 aliphatic rings. The molecular formula is C11H10ClN. The van der Waals surface area contributed by atoms with Crippen LogP contribution in [0.5, 0.6) is 0 Å². The van der Waals surface area contributed by atoms with Crippen LogP contribution in [-0.2, 0) is 6.54 Å². The molecule has 0 bridgehead atoms. The summed E-state index contributed by atoms with van der Waals surface area (Å²) in [6.45, 7) is 0.983. The third-order valence-electron chi connectivity index (χ3n) is 2.46. The maximum atomic E-state index is 3.37. The van der Waals surface area contributed by atoms with Crippen molar-refractivity contribution in [2.45, 2.75) is 6.54 Å². The summed E-state index contributed by atoms with van der Waals surface area (Å²) in [6.07, 6.45) is 0. The number of rotatable bonds is 0. The van der Waals surface area contributed by atoms with Gasteiger partial charge in [0, 0.05) is 17.6 Å². The molecule has 0 aromatic heterocycles. The molecule has 1 nitrogen and oxygen atoms in total. The second-order valence-electron chi connectivity index (χ2n) is 3.17. The summed E-state index contributed by atoms with van der Waals surface area (Å²) in [7, 11) is 0. The Kier molecular flexibility index (Phi) is 1.89. The van der Waals surface area contributed by atoms with Gasteiger partial charge >= 0.3 is 0 Å². The predicted molar refractivity (Wildman–Crippen MR) is 58.5 cm³/mol. The van der Waals surface area contributed by atoms with E-state index in [1.807, 2.05) is 0 Å². The van der Waals surface area contributed by atoms with Crippen molar-refractivity contribution in [1.29, 1.82) is 0 Å². The van der Waals surface area contributed by atoms with Crippen LogP contribution in [0.4, 0.5) is 5.69 Å². The summed E-state index contributed by atoms with van der Waals surface area (Å²) < 4.78 is 0. The van der Waals surface area contributed by atoms with Gasteiger partial charge in [-0.05, 0) is 17.0 Å². The average Bonchev–Trinajstić information content (AvgIpc) is 2.52. The van der Waals surface area contributed by atoms with Crippen molar-refractivity contribution >= 4 is 28.9 Å². The summed E-state index contributed by atoms with van der Waals surface area (Å²) >= 11 is 0. The second-order valence-corrected chi connectivity index (χ2v) is 3.17. The number of nitrogens with one attached hydrogen (secondary N) is 1. The molecule has 0 radical (unpaired) electrons. The normalized spacial score (nSPS) is 12.3. The fourth-order valence-corrected chi connectivity index (χ4v) is 1.90. The molecule has 0 aliphatic carbocycles. The minimum atomic E-state index is 0. The standard InChI is InChI=1S/C11H9N.ClH/c1-3-8-4-2-6-10-11(8)9(5-1)7-12-10;/h1-6,12H,7H2;1H. The van der Waals surface area contributed by atoms with Gasteiger partial charge in [-0.1, -0.05) is 30.3 Å². The first-order valence-corrected chi connectivity index (χ1v) is 4.20. The van der Waals surface area contributed by atoms with Crippen molar-refractivity contribution < 1.29 is 0 Å². The molecule has 3 rings (SSSR count). The van der Waals surface area contributed by atoms with E-state index in [-0.39, 0.29) is 12.4 Å². The number of anilines is 1. The fourth-order valence-electron chi connectivity index (χ4n) is 1.90. The van der Waals surface area contributed by atoms with Gasteiger partial charge in [0.1, 0.15) is 0 Å². The van der Waals surface area contributed by atoms with Gasteiger partial charge in [0.25, 0.3) is 0 Å². The molecule has 0 amide bonds. The SMILES string of the molecule is Cl.c1cc2c3c(cccc3c1)NC2. The predicted octanol–water partition coefficient (Wildman–Crippen LogP) is 3.19. The molecule has 66 valence electrons. The van der Waals surface area contributed by atoms with Gasteiger partial charge in [-0.25, -0.2) is 0 Å². The first-order valence-electron chi connectivity index (χ1n) is 4.20. The zero-order chi connectivity index (χ0) is 7.97. The van der Waals surface area contributed by atoms with Gasteiger partial charge in [-0.15, -0.1) is 12.4 Å². The second kappa shape index (κ2) is 2.93. The Labute approximate surface area is 83.2 Å². The van der Waals surface area contributed by atoms with E-state index in [1.54, 1.807) is 0 Å². The molecule has 0 saturated heterocycles. The van der Waals surface area contributed by atoms with Crippen LogP contribution in [0.15, 0.2) is 36.4 Å². The van der Waals surface area contributed by atoms with Gasteiger partial charge in [0.05, 0.1) is 0 Å². The van der Waals surface area contributed by atoms with E-state index in [9.17, 15) is 0 Å². The van der Waals surface area contributed by atoms with Gasteiger partial charge < -0.3 is 5.32 Å². The van der Waals surface area contributed by atoms with E-state index < -0.39 is 0 Å². The lowest BCUT2D eigenvalue weighted by Crippen LogP contribution is -1.87. The molecule has 0 saturated carbocycles. The van der Waals surface area contributed by atoms with Gasteiger partial charge in [0.2, 0.25) is 0 Å². The van der Waals surface area contributed by atoms with E-state index in [2.05, 4.69) is 41.7 Å². The van der Waals surface area contributed by atoms with E-state index in [0.29, 0.717) is 0 Å². The van der Waals surface area contributed by atoms with Gasteiger partial charge in [0.15, 0.2) is 0 Å².